The molecule has 17 rings (SSSR count). The molecule has 0 aliphatic carbocycles. The van der Waals surface area contributed by atoms with E-state index >= 15 is 0 Å². The Balaban J connectivity index is 0.00000101. The lowest BCUT2D eigenvalue weighted by Crippen LogP contribution is -2.31. The van der Waals surface area contributed by atoms with Crippen LogP contribution in [0.15, 0.2) is 157 Å². The van der Waals surface area contributed by atoms with E-state index in [2.05, 4.69) is 70.5 Å². The number of alkyl halides is 6. The third-order valence-corrected chi connectivity index (χ3v) is 11.5. The van der Waals surface area contributed by atoms with E-state index in [-0.39, 0.29) is 17.2 Å². The first-order valence-electron chi connectivity index (χ1n) is 23.5. The predicted octanol–water partition coefficient (Wildman–Crippen LogP) is 12.3. The van der Waals surface area contributed by atoms with Crippen molar-refractivity contribution in [1.29, 1.82) is 0 Å². The van der Waals surface area contributed by atoms with Gasteiger partial charge in [0, 0.05) is 93.2 Å². The fraction of sp³-hybridized carbons (Fsp3) is 0.250. The summed E-state index contributed by atoms with van der Waals surface area (Å²) in [7, 11) is 0. The zero-order valence-corrected chi connectivity index (χ0v) is 44.5. The van der Waals surface area contributed by atoms with Crippen LogP contribution in [0.1, 0.15) is 33.4 Å². The van der Waals surface area contributed by atoms with Crippen molar-refractivity contribution >= 4 is 107 Å². The van der Waals surface area contributed by atoms with Gasteiger partial charge in [0.1, 0.15) is 17.2 Å². The van der Waals surface area contributed by atoms with Crippen LogP contribution in [0, 0.1) is 0 Å². The molecular weight excluding hydrogens is 1050 g/mol. The van der Waals surface area contributed by atoms with Gasteiger partial charge in [0.2, 0.25) is 0 Å². The third-order valence-electron chi connectivity index (χ3n) is 11.5. The molecule has 0 saturated heterocycles. The standard InChI is InChI=1S/C54H54N8O3.2CHCl3/c63-52-16-13-46-31-49(52)37-58-22-28-61-25-19-55-34-40-1-7-43(8-2-40)47-14-17-53(64)50(32-47)38-59-23-29-62(27-21-57-36-42-5-11-45(46)12-6-42)30-24-60-39-51-33-48(15-18-54(51)65)44-9-3-41(4-10-44)35-56-20-26-61;2*2-1(3)4/h1-18,31-39,63-65H,19-30H2;2*1H. The summed E-state index contributed by atoms with van der Waals surface area (Å²) in [6, 6.07) is 41.5. The number of aliphatic imine (C=N–C) groups is 6. The molecule has 0 unspecified atom stereocenters. The molecule has 6 aromatic rings. The van der Waals surface area contributed by atoms with Crippen molar-refractivity contribution in [3.8, 4) is 50.6 Å². The van der Waals surface area contributed by atoms with Crippen molar-refractivity contribution in [3.63, 3.8) is 0 Å². The highest BCUT2D eigenvalue weighted by atomic mass is 35.6. The normalized spacial score (nSPS) is 16.6. The topological polar surface area (TPSA) is 141 Å². The monoisotopic (exact) mass is 1100 g/mol. The van der Waals surface area contributed by atoms with Gasteiger partial charge < -0.3 is 15.3 Å². The van der Waals surface area contributed by atoms with Crippen molar-refractivity contribution in [2.75, 3.05) is 78.5 Å². The molecule has 11 heterocycles. The van der Waals surface area contributed by atoms with Gasteiger partial charge in [-0.15, -0.1) is 0 Å². The van der Waals surface area contributed by atoms with Crippen LogP contribution in [-0.2, 0) is 0 Å². The van der Waals surface area contributed by atoms with Crippen molar-refractivity contribution in [2.24, 2.45) is 30.0 Å². The van der Waals surface area contributed by atoms with Crippen LogP contribution >= 0.6 is 69.6 Å². The molecule has 17 heteroatoms. The van der Waals surface area contributed by atoms with E-state index < -0.39 is 8.59 Å². The molecule has 6 aromatic carbocycles. The molecule has 73 heavy (non-hydrogen) atoms. The minimum absolute atomic E-state index is 0.175. The Morgan fingerprint density at radius 1 is 0.301 bits per heavy atom. The summed E-state index contributed by atoms with van der Waals surface area (Å²) in [5.41, 5.74) is 11.0. The number of rotatable bonds is 0. The summed E-state index contributed by atoms with van der Waals surface area (Å²) in [6.45, 7) is 7.54. The zero-order chi connectivity index (χ0) is 51.8. The maximum Gasteiger partial charge on any atom is 0.180 e. The number of halogens is 6. The summed E-state index contributed by atoms with van der Waals surface area (Å²) >= 11 is 28.8. The molecule has 0 atom stereocenters. The van der Waals surface area contributed by atoms with E-state index in [0.29, 0.717) is 82.1 Å². The number of benzene rings is 6. The fourth-order valence-electron chi connectivity index (χ4n) is 7.66. The molecule has 0 amide bonds. The van der Waals surface area contributed by atoms with E-state index in [0.717, 1.165) is 63.2 Å². The smallest absolute Gasteiger partial charge is 0.180 e. The molecule has 0 spiro atoms. The largest absolute Gasteiger partial charge is 0.507 e. The molecule has 0 fully saturated rings. The van der Waals surface area contributed by atoms with Crippen LogP contribution in [0.2, 0.25) is 0 Å². The highest BCUT2D eigenvalue weighted by molar-refractivity contribution is 6.63. The first-order valence-corrected chi connectivity index (χ1v) is 26.1. The van der Waals surface area contributed by atoms with Gasteiger partial charge in [0.05, 0.1) is 39.3 Å². The van der Waals surface area contributed by atoms with E-state index in [9.17, 15) is 15.3 Å². The summed E-state index contributed by atoms with van der Waals surface area (Å²) in [6.07, 6.45) is 11.0. The van der Waals surface area contributed by atoms with Crippen LogP contribution in [0.4, 0.5) is 0 Å². The van der Waals surface area contributed by atoms with Crippen molar-refractivity contribution < 1.29 is 15.3 Å². The first kappa shape index (κ1) is 56.7. The lowest BCUT2D eigenvalue weighted by Gasteiger charge is -2.19. The van der Waals surface area contributed by atoms with Gasteiger partial charge in [-0.25, -0.2) is 0 Å². The minimum atomic E-state index is -0.750. The van der Waals surface area contributed by atoms with E-state index in [4.69, 9.17) is 99.6 Å². The molecule has 11 aliphatic heterocycles. The Hall–Kier alpha value is -5.60. The van der Waals surface area contributed by atoms with Gasteiger partial charge in [-0.3, -0.25) is 39.8 Å². The minimum Gasteiger partial charge on any atom is -0.507 e. The van der Waals surface area contributed by atoms with E-state index in [1.165, 1.54) is 0 Å². The number of phenolic OH excluding ortho intramolecular Hbond substituents is 3. The highest BCUT2D eigenvalue weighted by Crippen LogP contribution is 2.28. The average Bonchev–Trinajstić information content (AvgIpc) is 3.37. The summed E-state index contributed by atoms with van der Waals surface area (Å²) in [5.74, 6) is 0.536. The predicted molar refractivity (Wildman–Crippen MR) is 311 cm³/mol. The maximum absolute atomic E-state index is 10.8. The van der Waals surface area contributed by atoms with Crippen molar-refractivity contribution in [2.45, 2.75) is 8.59 Å². The van der Waals surface area contributed by atoms with Gasteiger partial charge in [-0.2, -0.15) is 0 Å². The van der Waals surface area contributed by atoms with E-state index in [1.54, 1.807) is 36.8 Å². The van der Waals surface area contributed by atoms with Crippen LogP contribution < -0.4 is 0 Å². The summed E-state index contributed by atoms with van der Waals surface area (Å²) in [4.78, 5) is 33.2. The zero-order valence-electron chi connectivity index (χ0n) is 39.9. The van der Waals surface area contributed by atoms with Crippen molar-refractivity contribution in [1.82, 2.24) is 9.80 Å². The number of aromatic hydroxyl groups is 3. The highest BCUT2D eigenvalue weighted by Gasteiger charge is 2.10. The summed E-state index contributed by atoms with van der Waals surface area (Å²) in [5, 5.41) is 32.3. The Morgan fingerprint density at radius 3 is 0.740 bits per heavy atom. The summed E-state index contributed by atoms with van der Waals surface area (Å²) < 4.78 is -1.50. The molecule has 3 N–H and O–H groups in total. The van der Waals surface area contributed by atoms with Crippen LogP contribution in [-0.4, -0.2) is 150 Å². The van der Waals surface area contributed by atoms with Gasteiger partial charge in [-0.05, 0) is 86.5 Å². The Morgan fingerprint density at radius 2 is 0.507 bits per heavy atom. The molecule has 0 aromatic heterocycles. The SMILES string of the molecule is ClC(Cl)Cl.ClC(Cl)Cl.Oc1ccc2cc1C=NCCN1CCN=Cc3ccc(cc3)-c3ccc(O)c(c3)C=NCCN(CCN=Cc3ccc-2cc3)CCN=Cc2ccc(cc2)-c2ccc(O)c(c2)C=NCC1. The molecule has 0 radical (unpaired) electrons. The number of phenols is 3. The van der Waals surface area contributed by atoms with Gasteiger partial charge in [-0.1, -0.05) is 161 Å². The second-order valence-electron chi connectivity index (χ2n) is 16.6. The molecule has 14 bridgehead atoms. The first-order chi connectivity index (χ1) is 35.4. The second kappa shape index (κ2) is 30.6. The number of hydrogen-bond donors (Lipinski definition) is 3. The van der Waals surface area contributed by atoms with Crippen LogP contribution in [0.3, 0.4) is 0 Å². The van der Waals surface area contributed by atoms with Crippen molar-refractivity contribution in [3.05, 3.63) is 161 Å². The third kappa shape index (κ3) is 20.0. The lowest BCUT2D eigenvalue weighted by molar-refractivity contribution is 0.298. The maximum atomic E-state index is 10.8. The van der Waals surface area contributed by atoms with E-state index in [1.807, 2.05) is 67.2 Å². The fourth-order valence-corrected chi connectivity index (χ4v) is 7.66. The quantitative estimate of drug-likeness (QED) is 0.130. The Labute approximate surface area is 457 Å². The Bertz CT molecular complexity index is 2700. The van der Waals surface area contributed by atoms with Gasteiger partial charge in [0.25, 0.3) is 0 Å². The Kier molecular flexibility index (Phi) is 23.7. The molecule has 380 valence electrons. The molecular formula is C56H56Cl6N8O3. The van der Waals surface area contributed by atoms with Gasteiger partial charge >= 0.3 is 0 Å². The second-order valence-corrected chi connectivity index (χ2v) is 20.5. The van der Waals surface area contributed by atoms with Crippen LogP contribution in [0.5, 0.6) is 17.2 Å². The number of nitrogens with zero attached hydrogens (tertiary/aromatic N) is 8. The van der Waals surface area contributed by atoms with Crippen LogP contribution in [0.25, 0.3) is 33.4 Å². The number of hydrogen-bond acceptors (Lipinski definition) is 11. The molecule has 11 nitrogen and oxygen atoms in total. The molecule has 0 saturated carbocycles. The average molecular weight is 1100 g/mol. The van der Waals surface area contributed by atoms with Gasteiger partial charge in [0.15, 0.2) is 8.59 Å². The molecule has 11 aliphatic rings. The lowest BCUT2D eigenvalue weighted by atomic mass is 10.0.